The van der Waals surface area contributed by atoms with E-state index < -0.39 is 0 Å². The van der Waals surface area contributed by atoms with Crippen molar-refractivity contribution < 1.29 is 4.79 Å². The second-order valence-electron chi connectivity index (χ2n) is 6.68. The Bertz CT molecular complexity index is 789. The number of hydrogen-bond donors (Lipinski definition) is 1. The van der Waals surface area contributed by atoms with Crippen molar-refractivity contribution in [2.24, 2.45) is 11.1 Å². The predicted octanol–water partition coefficient (Wildman–Crippen LogP) is 3.37. The molecule has 1 saturated heterocycles. The summed E-state index contributed by atoms with van der Waals surface area (Å²) in [6.45, 7) is 5.86. The van der Waals surface area contributed by atoms with Gasteiger partial charge in [-0.1, -0.05) is 43.1 Å². The molecular formula is C17H22Cl3N5O. The lowest BCUT2D eigenvalue weighted by Gasteiger charge is -2.21. The average Bonchev–Trinajstić information content (AvgIpc) is 3.19. The molecule has 1 aliphatic rings. The lowest BCUT2D eigenvalue weighted by atomic mass is 9.90. The van der Waals surface area contributed by atoms with Crippen LogP contribution in [-0.4, -0.2) is 45.2 Å². The van der Waals surface area contributed by atoms with Gasteiger partial charge in [-0.25, -0.2) is 9.67 Å². The molecule has 2 N–H and O–H groups in total. The van der Waals surface area contributed by atoms with Crippen LogP contribution in [0.5, 0.6) is 0 Å². The first kappa shape index (κ1) is 21.0. The number of carbonyl (C=O) groups excluding carboxylic acids is 1. The third-order valence-corrected chi connectivity index (χ3v) is 5.28. The van der Waals surface area contributed by atoms with Gasteiger partial charge in [-0.05, 0) is 30.5 Å². The van der Waals surface area contributed by atoms with E-state index in [1.54, 1.807) is 27.8 Å². The Morgan fingerprint density at radius 3 is 2.54 bits per heavy atom. The van der Waals surface area contributed by atoms with Gasteiger partial charge in [0.05, 0.1) is 10.0 Å². The molecule has 0 saturated carbocycles. The number of carbonyl (C=O) groups is 1. The van der Waals surface area contributed by atoms with Crippen LogP contribution in [0.4, 0.5) is 0 Å². The number of nitrogens with zero attached hydrogens (tertiary/aromatic N) is 4. The second-order valence-corrected chi connectivity index (χ2v) is 7.49. The van der Waals surface area contributed by atoms with E-state index in [4.69, 9.17) is 28.9 Å². The van der Waals surface area contributed by atoms with E-state index in [1.165, 1.54) is 0 Å². The quantitative estimate of drug-likeness (QED) is 0.826. The van der Waals surface area contributed by atoms with Gasteiger partial charge in [0, 0.05) is 19.5 Å². The summed E-state index contributed by atoms with van der Waals surface area (Å²) in [6.07, 6.45) is 1.48. The molecule has 3 rings (SSSR count). The zero-order chi connectivity index (χ0) is 18.2. The van der Waals surface area contributed by atoms with Gasteiger partial charge in [-0.2, -0.15) is 0 Å². The minimum atomic E-state index is -0.186. The topological polar surface area (TPSA) is 77.0 Å². The number of rotatable bonds is 4. The Hall–Kier alpha value is -1.34. The molecule has 142 valence electrons. The van der Waals surface area contributed by atoms with Gasteiger partial charge >= 0.3 is 0 Å². The molecule has 6 nitrogen and oxygen atoms in total. The summed E-state index contributed by atoms with van der Waals surface area (Å²) >= 11 is 12.6. The fourth-order valence-electron chi connectivity index (χ4n) is 3.04. The van der Waals surface area contributed by atoms with Crippen LogP contribution < -0.4 is 5.73 Å². The fraction of sp³-hybridized carbons (Fsp3) is 0.471. The number of likely N-dealkylation sites (tertiary alicyclic amines) is 1. The Labute approximate surface area is 169 Å². The highest BCUT2D eigenvalue weighted by molar-refractivity contribution is 6.37. The Kier molecular flexibility index (Phi) is 6.55. The second kappa shape index (κ2) is 8.13. The van der Waals surface area contributed by atoms with Crippen LogP contribution in [0.25, 0.3) is 5.69 Å². The van der Waals surface area contributed by atoms with Crippen molar-refractivity contribution in [3.63, 3.8) is 0 Å². The van der Waals surface area contributed by atoms with Crippen molar-refractivity contribution in [1.29, 1.82) is 0 Å². The number of amides is 1. The minimum absolute atomic E-state index is 0. The molecule has 1 amide bonds. The van der Waals surface area contributed by atoms with E-state index >= 15 is 0 Å². The summed E-state index contributed by atoms with van der Waals surface area (Å²) in [6, 6.07) is 5.23. The summed E-state index contributed by atoms with van der Waals surface area (Å²) in [7, 11) is 0. The Morgan fingerprint density at radius 1 is 1.35 bits per heavy atom. The molecule has 1 aromatic heterocycles. The molecule has 2 aromatic rings. The van der Waals surface area contributed by atoms with Crippen LogP contribution in [0.15, 0.2) is 18.2 Å². The Morgan fingerprint density at radius 2 is 2.00 bits per heavy atom. The third kappa shape index (κ3) is 3.83. The van der Waals surface area contributed by atoms with Crippen LogP contribution in [0.1, 0.15) is 36.7 Å². The van der Waals surface area contributed by atoms with Gasteiger partial charge in [-0.15, -0.1) is 17.5 Å². The molecule has 1 aromatic carbocycles. The maximum atomic E-state index is 12.8. The molecule has 1 unspecified atom stereocenters. The van der Waals surface area contributed by atoms with Gasteiger partial charge < -0.3 is 10.6 Å². The summed E-state index contributed by atoms with van der Waals surface area (Å²) in [5.41, 5.74) is 6.33. The minimum Gasteiger partial charge on any atom is -0.335 e. The molecule has 1 atom stereocenters. The molecule has 0 radical (unpaired) electrons. The highest BCUT2D eigenvalue weighted by atomic mass is 35.5. The molecule has 1 aliphatic heterocycles. The molecule has 0 spiro atoms. The van der Waals surface area contributed by atoms with Crippen molar-refractivity contribution in [3.05, 3.63) is 39.9 Å². The largest absolute Gasteiger partial charge is 0.335 e. The number of halogens is 3. The fourth-order valence-corrected chi connectivity index (χ4v) is 3.60. The van der Waals surface area contributed by atoms with Crippen LogP contribution in [0.2, 0.25) is 10.0 Å². The molecule has 26 heavy (non-hydrogen) atoms. The molecule has 2 heterocycles. The zero-order valence-electron chi connectivity index (χ0n) is 14.7. The molecule has 0 bridgehead atoms. The van der Waals surface area contributed by atoms with E-state index in [1.807, 2.05) is 6.92 Å². The normalized spacial score (nSPS) is 19.5. The van der Waals surface area contributed by atoms with E-state index in [0.717, 1.165) is 6.42 Å². The zero-order valence-corrected chi connectivity index (χ0v) is 17.0. The number of hydrogen-bond acceptors (Lipinski definition) is 4. The summed E-state index contributed by atoms with van der Waals surface area (Å²) < 4.78 is 1.57. The van der Waals surface area contributed by atoms with Crippen molar-refractivity contribution in [2.75, 3.05) is 19.6 Å². The average molecular weight is 419 g/mol. The standard InChI is InChI=1S/C17H21Cl2N5O.ClH/c1-3-13-21-15(16(25)23-8-7-17(2,9-20)10-23)22-24(13)14-11(18)5-4-6-12(14)19;/h4-6H,3,7-10,20H2,1-2H3;1H. The van der Waals surface area contributed by atoms with E-state index in [0.29, 0.717) is 47.6 Å². The van der Waals surface area contributed by atoms with Crippen molar-refractivity contribution in [1.82, 2.24) is 19.7 Å². The van der Waals surface area contributed by atoms with Gasteiger partial charge in [-0.3, -0.25) is 4.79 Å². The van der Waals surface area contributed by atoms with Crippen molar-refractivity contribution in [2.45, 2.75) is 26.7 Å². The predicted molar refractivity (Wildman–Crippen MR) is 106 cm³/mol. The van der Waals surface area contributed by atoms with E-state index in [-0.39, 0.29) is 29.6 Å². The van der Waals surface area contributed by atoms with Crippen LogP contribution in [0, 0.1) is 5.41 Å². The Balaban J connectivity index is 0.00000243. The summed E-state index contributed by atoms with van der Waals surface area (Å²) in [5.74, 6) is 0.613. The van der Waals surface area contributed by atoms with Gasteiger partial charge in [0.1, 0.15) is 11.5 Å². The first-order chi connectivity index (χ1) is 11.9. The van der Waals surface area contributed by atoms with Crippen LogP contribution in [0.3, 0.4) is 0 Å². The third-order valence-electron chi connectivity index (χ3n) is 4.67. The van der Waals surface area contributed by atoms with E-state index in [2.05, 4.69) is 17.0 Å². The van der Waals surface area contributed by atoms with Gasteiger partial charge in [0.15, 0.2) is 0 Å². The number of aryl methyl sites for hydroxylation is 1. The number of benzene rings is 1. The summed E-state index contributed by atoms with van der Waals surface area (Å²) in [5, 5.41) is 5.33. The lowest BCUT2D eigenvalue weighted by molar-refractivity contribution is 0.0765. The first-order valence-electron chi connectivity index (χ1n) is 8.28. The number of para-hydroxylation sites is 1. The molecular weight excluding hydrogens is 397 g/mol. The maximum absolute atomic E-state index is 12.8. The van der Waals surface area contributed by atoms with Crippen LogP contribution >= 0.6 is 35.6 Å². The first-order valence-corrected chi connectivity index (χ1v) is 9.04. The smallest absolute Gasteiger partial charge is 0.293 e. The molecule has 1 fully saturated rings. The number of aromatic nitrogens is 3. The highest BCUT2D eigenvalue weighted by Gasteiger charge is 2.36. The van der Waals surface area contributed by atoms with Crippen LogP contribution in [-0.2, 0) is 6.42 Å². The van der Waals surface area contributed by atoms with Gasteiger partial charge in [0.25, 0.3) is 5.91 Å². The monoisotopic (exact) mass is 417 g/mol. The maximum Gasteiger partial charge on any atom is 0.293 e. The van der Waals surface area contributed by atoms with Crippen molar-refractivity contribution >= 4 is 41.5 Å². The highest BCUT2D eigenvalue weighted by Crippen LogP contribution is 2.31. The van der Waals surface area contributed by atoms with Crippen molar-refractivity contribution in [3.8, 4) is 5.69 Å². The number of nitrogens with two attached hydrogens (primary N) is 1. The summed E-state index contributed by atoms with van der Waals surface area (Å²) in [4.78, 5) is 19.0. The SMILES string of the molecule is CCc1nc(C(=O)N2CCC(C)(CN)C2)nn1-c1c(Cl)cccc1Cl.Cl. The van der Waals surface area contributed by atoms with Gasteiger partial charge in [0.2, 0.25) is 5.82 Å². The molecule has 0 aliphatic carbocycles. The molecule has 9 heteroatoms. The lowest BCUT2D eigenvalue weighted by Crippen LogP contribution is -2.35. The van der Waals surface area contributed by atoms with E-state index in [9.17, 15) is 4.79 Å².